The SMILES string of the molecule is C=CC(=O)N1CCC(OP(=O)(OC)OC)CC1. The molecule has 0 bridgehead atoms. The summed E-state index contributed by atoms with van der Waals surface area (Å²) in [4.78, 5) is 13.0. The van der Waals surface area contributed by atoms with Gasteiger partial charge in [0.15, 0.2) is 0 Å². The van der Waals surface area contributed by atoms with Crippen molar-refractivity contribution in [1.82, 2.24) is 4.90 Å². The van der Waals surface area contributed by atoms with Crippen LogP contribution in [0, 0.1) is 0 Å². The van der Waals surface area contributed by atoms with E-state index >= 15 is 0 Å². The molecule has 1 saturated heterocycles. The van der Waals surface area contributed by atoms with Gasteiger partial charge in [0.05, 0.1) is 6.10 Å². The van der Waals surface area contributed by atoms with E-state index in [2.05, 4.69) is 6.58 Å². The summed E-state index contributed by atoms with van der Waals surface area (Å²) in [6, 6.07) is 0. The fourth-order valence-electron chi connectivity index (χ4n) is 1.65. The lowest BCUT2D eigenvalue weighted by molar-refractivity contribution is -0.127. The summed E-state index contributed by atoms with van der Waals surface area (Å²) >= 11 is 0. The lowest BCUT2D eigenvalue weighted by atomic mass is 10.1. The zero-order valence-electron chi connectivity index (χ0n) is 10.1. The van der Waals surface area contributed by atoms with Gasteiger partial charge in [-0.1, -0.05) is 6.58 Å². The van der Waals surface area contributed by atoms with E-state index < -0.39 is 7.82 Å². The van der Waals surface area contributed by atoms with Gasteiger partial charge in [-0.3, -0.25) is 18.4 Å². The molecule has 0 atom stereocenters. The molecule has 17 heavy (non-hydrogen) atoms. The van der Waals surface area contributed by atoms with Crippen LogP contribution in [-0.2, 0) is 22.9 Å². The molecular weight excluding hydrogens is 245 g/mol. The second-order valence-electron chi connectivity index (χ2n) is 3.65. The molecule has 0 aliphatic carbocycles. The Morgan fingerprint density at radius 1 is 1.35 bits per heavy atom. The molecule has 0 saturated carbocycles. The number of amides is 1. The van der Waals surface area contributed by atoms with Crippen LogP contribution in [-0.4, -0.2) is 44.2 Å². The maximum atomic E-state index is 11.7. The topological polar surface area (TPSA) is 65.1 Å². The average Bonchev–Trinajstić information content (AvgIpc) is 2.38. The molecule has 0 aromatic carbocycles. The summed E-state index contributed by atoms with van der Waals surface area (Å²) in [5.74, 6) is -0.0925. The third-order valence-corrected chi connectivity index (χ3v) is 4.10. The summed E-state index contributed by atoms with van der Waals surface area (Å²) in [6.45, 7) is 4.55. The van der Waals surface area contributed by atoms with Crippen LogP contribution in [0.5, 0.6) is 0 Å². The maximum absolute atomic E-state index is 11.7. The van der Waals surface area contributed by atoms with Crippen LogP contribution in [0.4, 0.5) is 0 Å². The maximum Gasteiger partial charge on any atom is 0.474 e. The van der Waals surface area contributed by atoms with Crippen LogP contribution >= 0.6 is 7.82 Å². The lowest BCUT2D eigenvalue weighted by Crippen LogP contribution is -2.39. The van der Waals surface area contributed by atoms with E-state index in [0.29, 0.717) is 25.9 Å². The second kappa shape index (κ2) is 6.31. The second-order valence-corrected chi connectivity index (χ2v) is 5.48. The molecular formula is C10H18NO5P. The van der Waals surface area contributed by atoms with E-state index in [4.69, 9.17) is 13.6 Å². The van der Waals surface area contributed by atoms with E-state index in [0.717, 1.165) is 0 Å². The molecule has 0 radical (unpaired) electrons. The Morgan fingerprint density at radius 3 is 2.29 bits per heavy atom. The van der Waals surface area contributed by atoms with Gasteiger partial charge in [-0.25, -0.2) is 4.57 Å². The number of rotatable bonds is 5. The summed E-state index contributed by atoms with van der Waals surface area (Å²) in [7, 11) is -0.867. The number of hydrogen-bond acceptors (Lipinski definition) is 5. The van der Waals surface area contributed by atoms with Gasteiger partial charge in [0.1, 0.15) is 0 Å². The van der Waals surface area contributed by atoms with Gasteiger partial charge in [0.2, 0.25) is 5.91 Å². The minimum Gasteiger partial charge on any atom is -0.339 e. The molecule has 6 nitrogen and oxygen atoms in total. The molecule has 0 aromatic heterocycles. The smallest absolute Gasteiger partial charge is 0.339 e. The third kappa shape index (κ3) is 3.92. The molecule has 7 heteroatoms. The molecule has 0 N–H and O–H groups in total. The van der Waals surface area contributed by atoms with Crippen LogP contribution in [0.2, 0.25) is 0 Å². The van der Waals surface area contributed by atoms with Crippen molar-refractivity contribution in [3.63, 3.8) is 0 Å². The molecule has 1 aliphatic heterocycles. The highest BCUT2D eigenvalue weighted by molar-refractivity contribution is 7.48. The molecule has 1 aliphatic rings. The Bertz CT molecular complexity index is 317. The number of hydrogen-bond donors (Lipinski definition) is 0. The number of carbonyl (C=O) groups excluding carboxylic acids is 1. The van der Waals surface area contributed by atoms with Crippen molar-refractivity contribution in [3.05, 3.63) is 12.7 Å². The lowest BCUT2D eigenvalue weighted by Gasteiger charge is -2.32. The molecule has 1 heterocycles. The Hall–Kier alpha value is -0.680. The van der Waals surface area contributed by atoms with Crippen molar-refractivity contribution >= 4 is 13.7 Å². The fourth-order valence-corrected chi connectivity index (χ4v) is 2.55. The van der Waals surface area contributed by atoms with Gasteiger partial charge < -0.3 is 4.90 Å². The minimum atomic E-state index is -3.42. The summed E-state index contributed by atoms with van der Waals surface area (Å²) < 4.78 is 26.4. The highest BCUT2D eigenvalue weighted by atomic mass is 31.2. The number of phosphoric ester groups is 1. The number of phosphoric acid groups is 1. The molecule has 98 valence electrons. The zero-order valence-corrected chi connectivity index (χ0v) is 11.0. The Kier molecular flexibility index (Phi) is 5.33. The third-order valence-electron chi connectivity index (χ3n) is 2.65. The molecule has 0 unspecified atom stereocenters. The van der Waals surface area contributed by atoms with E-state index in [1.165, 1.54) is 20.3 Å². The van der Waals surface area contributed by atoms with Crippen LogP contribution < -0.4 is 0 Å². The summed E-state index contributed by atoms with van der Waals surface area (Å²) in [5.41, 5.74) is 0. The largest absolute Gasteiger partial charge is 0.474 e. The Balaban J connectivity index is 2.45. The van der Waals surface area contributed by atoms with Crippen molar-refractivity contribution in [2.45, 2.75) is 18.9 Å². The minimum absolute atomic E-state index is 0.0925. The van der Waals surface area contributed by atoms with Gasteiger partial charge >= 0.3 is 7.82 Å². The van der Waals surface area contributed by atoms with Crippen molar-refractivity contribution in [3.8, 4) is 0 Å². The monoisotopic (exact) mass is 263 g/mol. The average molecular weight is 263 g/mol. The van der Waals surface area contributed by atoms with Crippen LogP contribution in [0.1, 0.15) is 12.8 Å². The van der Waals surface area contributed by atoms with E-state index in [-0.39, 0.29) is 12.0 Å². The number of likely N-dealkylation sites (tertiary alicyclic amines) is 1. The highest BCUT2D eigenvalue weighted by Gasteiger charge is 2.31. The van der Waals surface area contributed by atoms with E-state index in [1.807, 2.05) is 0 Å². The molecule has 0 spiro atoms. The number of nitrogens with zero attached hydrogens (tertiary/aromatic N) is 1. The van der Waals surface area contributed by atoms with Crippen molar-refractivity contribution in [2.24, 2.45) is 0 Å². The highest BCUT2D eigenvalue weighted by Crippen LogP contribution is 2.49. The van der Waals surface area contributed by atoms with Gasteiger partial charge in [0.25, 0.3) is 0 Å². The number of piperidine rings is 1. The standard InChI is InChI=1S/C10H18NO5P/c1-4-10(12)11-7-5-9(6-8-11)16-17(13,14-2)15-3/h4,9H,1,5-8H2,2-3H3. The quantitative estimate of drug-likeness (QED) is 0.556. The van der Waals surface area contributed by atoms with Crippen LogP contribution in [0.15, 0.2) is 12.7 Å². The summed E-state index contributed by atoms with van der Waals surface area (Å²) in [5, 5.41) is 0. The number of carbonyl (C=O) groups is 1. The zero-order chi connectivity index (χ0) is 12.9. The first-order valence-corrected chi connectivity index (χ1v) is 6.82. The molecule has 1 amide bonds. The van der Waals surface area contributed by atoms with Crippen molar-refractivity contribution < 1.29 is 22.9 Å². The predicted octanol–water partition coefficient (Wildman–Crippen LogP) is 1.58. The summed E-state index contributed by atoms with van der Waals surface area (Å²) in [6.07, 6.45) is 2.29. The van der Waals surface area contributed by atoms with E-state index in [9.17, 15) is 9.36 Å². The molecule has 1 fully saturated rings. The van der Waals surface area contributed by atoms with Crippen LogP contribution in [0.25, 0.3) is 0 Å². The van der Waals surface area contributed by atoms with Crippen molar-refractivity contribution in [2.75, 3.05) is 27.3 Å². The van der Waals surface area contributed by atoms with Crippen LogP contribution in [0.3, 0.4) is 0 Å². The van der Waals surface area contributed by atoms with Gasteiger partial charge in [0, 0.05) is 27.3 Å². The first kappa shape index (κ1) is 14.4. The first-order chi connectivity index (χ1) is 8.04. The van der Waals surface area contributed by atoms with Gasteiger partial charge in [-0.15, -0.1) is 0 Å². The predicted molar refractivity (Wildman–Crippen MR) is 62.5 cm³/mol. The molecule has 0 aromatic rings. The normalized spacial score (nSPS) is 18.1. The Morgan fingerprint density at radius 2 is 1.88 bits per heavy atom. The van der Waals surface area contributed by atoms with E-state index in [1.54, 1.807) is 4.90 Å². The van der Waals surface area contributed by atoms with Crippen molar-refractivity contribution in [1.29, 1.82) is 0 Å². The first-order valence-electron chi connectivity index (χ1n) is 5.36. The van der Waals surface area contributed by atoms with Gasteiger partial charge in [-0.2, -0.15) is 0 Å². The Labute approximate surface area is 101 Å². The molecule has 1 rings (SSSR count). The van der Waals surface area contributed by atoms with Gasteiger partial charge in [-0.05, 0) is 18.9 Å². The fraction of sp³-hybridized carbons (Fsp3) is 0.700.